The lowest BCUT2D eigenvalue weighted by atomic mass is 10.3. The van der Waals surface area contributed by atoms with Gasteiger partial charge in [0.15, 0.2) is 0 Å². The fourth-order valence-electron chi connectivity index (χ4n) is 0.635. The first-order chi connectivity index (χ1) is 6.35. The van der Waals surface area contributed by atoms with E-state index < -0.39 is 0 Å². The lowest BCUT2D eigenvalue weighted by molar-refractivity contribution is 0.204. The molecule has 2 nitrogen and oxygen atoms in total. The summed E-state index contributed by atoms with van der Waals surface area (Å²) in [5, 5.41) is 1.97. The van der Waals surface area contributed by atoms with Crippen molar-refractivity contribution in [2.45, 2.75) is 12.8 Å². The van der Waals surface area contributed by atoms with Gasteiger partial charge < -0.3 is 4.74 Å². The molecule has 1 radical (unpaired) electrons. The van der Waals surface area contributed by atoms with E-state index >= 15 is 0 Å². The Hall–Kier alpha value is -0.670. The van der Waals surface area contributed by atoms with E-state index in [-0.39, 0.29) is 0 Å². The average Bonchev–Trinajstić information content (AvgIpc) is 2.60. The summed E-state index contributed by atoms with van der Waals surface area (Å²) in [5.74, 6) is 0. The third-order valence-electron chi connectivity index (χ3n) is 1.19. The lowest BCUT2D eigenvalue weighted by Gasteiger charge is -1.84. The molecule has 0 saturated carbocycles. The van der Waals surface area contributed by atoms with E-state index in [1.165, 1.54) is 11.5 Å². The quantitative estimate of drug-likeness (QED) is 0.694. The SMILES string of the molecule is C=CCc1ccsn1.[CH2]CCOC. The van der Waals surface area contributed by atoms with Crippen LogP contribution in [0.1, 0.15) is 12.1 Å². The van der Waals surface area contributed by atoms with Crippen LogP contribution in [0.25, 0.3) is 0 Å². The highest BCUT2D eigenvalue weighted by molar-refractivity contribution is 7.03. The van der Waals surface area contributed by atoms with Gasteiger partial charge in [0, 0.05) is 25.5 Å². The Bertz CT molecular complexity index is 195. The predicted molar refractivity (Wildman–Crippen MR) is 57.9 cm³/mol. The second kappa shape index (κ2) is 9.42. The molecule has 1 rings (SSSR count). The van der Waals surface area contributed by atoms with Gasteiger partial charge in [0.25, 0.3) is 0 Å². The highest BCUT2D eigenvalue weighted by atomic mass is 32.1. The highest BCUT2D eigenvalue weighted by Gasteiger charge is 1.86. The molecule has 0 spiro atoms. The Morgan fingerprint density at radius 1 is 1.69 bits per heavy atom. The zero-order valence-electron chi connectivity index (χ0n) is 8.03. The standard InChI is InChI=1S/C6H7NS.C4H9O/c1-2-3-6-4-5-8-7-6;1-3-4-5-2/h2,4-5H,1,3H2;1,3-4H2,2H3. The minimum absolute atomic E-state index is 0.778. The van der Waals surface area contributed by atoms with Gasteiger partial charge in [-0.15, -0.1) is 6.58 Å². The lowest BCUT2D eigenvalue weighted by Crippen LogP contribution is -1.81. The van der Waals surface area contributed by atoms with E-state index in [9.17, 15) is 0 Å². The summed E-state index contributed by atoms with van der Waals surface area (Å²) in [4.78, 5) is 0. The van der Waals surface area contributed by atoms with Crippen LogP contribution in [0.3, 0.4) is 0 Å². The van der Waals surface area contributed by atoms with E-state index in [1.54, 1.807) is 7.11 Å². The van der Waals surface area contributed by atoms with Crippen molar-refractivity contribution < 1.29 is 4.74 Å². The number of rotatable bonds is 4. The van der Waals surface area contributed by atoms with Crippen LogP contribution in [0, 0.1) is 6.92 Å². The minimum Gasteiger partial charge on any atom is -0.385 e. The van der Waals surface area contributed by atoms with Gasteiger partial charge in [-0.2, -0.15) is 4.37 Å². The number of ether oxygens (including phenoxy) is 1. The maximum Gasteiger partial charge on any atom is 0.0579 e. The van der Waals surface area contributed by atoms with Crippen molar-refractivity contribution in [2.75, 3.05) is 13.7 Å². The van der Waals surface area contributed by atoms with Crippen molar-refractivity contribution >= 4 is 11.5 Å². The molecule has 1 aromatic heterocycles. The first-order valence-corrected chi connectivity index (χ1v) is 4.97. The van der Waals surface area contributed by atoms with Gasteiger partial charge in [-0.1, -0.05) is 13.0 Å². The van der Waals surface area contributed by atoms with Crippen LogP contribution in [0.2, 0.25) is 0 Å². The Morgan fingerprint density at radius 2 is 2.46 bits per heavy atom. The van der Waals surface area contributed by atoms with Crippen LogP contribution in [-0.4, -0.2) is 18.1 Å². The van der Waals surface area contributed by atoms with Gasteiger partial charge in [-0.3, -0.25) is 0 Å². The molecule has 0 fully saturated rings. The van der Waals surface area contributed by atoms with Crippen molar-refractivity contribution in [3.05, 3.63) is 36.7 Å². The molecule has 13 heavy (non-hydrogen) atoms. The van der Waals surface area contributed by atoms with E-state index in [0.29, 0.717) is 0 Å². The minimum atomic E-state index is 0.778. The van der Waals surface area contributed by atoms with Gasteiger partial charge >= 0.3 is 0 Å². The molecule has 0 unspecified atom stereocenters. The monoisotopic (exact) mass is 198 g/mol. The molecule has 0 bridgehead atoms. The van der Waals surface area contributed by atoms with Crippen molar-refractivity contribution in [3.63, 3.8) is 0 Å². The fraction of sp³-hybridized carbons (Fsp3) is 0.400. The summed E-state index contributed by atoms with van der Waals surface area (Å²) in [6.45, 7) is 7.93. The molecule has 0 aromatic carbocycles. The molecule has 1 heterocycles. The van der Waals surface area contributed by atoms with E-state index in [4.69, 9.17) is 0 Å². The smallest absolute Gasteiger partial charge is 0.0579 e. The highest BCUT2D eigenvalue weighted by Crippen LogP contribution is 1.99. The zero-order valence-corrected chi connectivity index (χ0v) is 8.85. The molecule has 0 N–H and O–H groups in total. The summed E-state index contributed by atoms with van der Waals surface area (Å²) in [6, 6.07) is 2.01. The predicted octanol–water partition coefficient (Wildman–Crippen LogP) is 2.73. The van der Waals surface area contributed by atoms with Gasteiger partial charge in [-0.05, 0) is 24.0 Å². The summed E-state index contributed by atoms with van der Waals surface area (Å²) in [5.41, 5.74) is 1.12. The summed E-state index contributed by atoms with van der Waals surface area (Å²) in [6.07, 6.45) is 3.62. The van der Waals surface area contributed by atoms with Crippen molar-refractivity contribution in [1.29, 1.82) is 0 Å². The number of aromatic nitrogens is 1. The van der Waals surface area contributed by atoms with Gasteiger partial charge in [0.1, 0.15) is 0 Å². The van der Waals surface area contributed by atoms with Crippen molar-refractivity contribution in [1.82, 2.24) is 4.37 Å². The number of hydrogen-bond donors (Lipinski definition) is 0. The first-order valence-electron chi connectivity index (χ1n) is 4.13. The van der Waals surface area contributed by atoms with Gasteiger partial charge in [-0.25, -0.2) is 0 Å². The summed E-state index contributed by atoms with van der Waals surface area (Å²) < 4.78 is 8.70. The molecular weight excluding hydrogens is 182 g/mol. The maximum atomic E-state index is 4.63. The van der Waals surface area contributed by atoms with Crippen molar-refractivity contribution in [3.8, 4) is 0 Å². The zero-order chi connectivity index (χ0) is 9.94. The summed E-state index contributed by atoms with van der Waals surface area (Å²) in [7, 11) is 1.67. The van der Waals surface area contributed by atoms with E-state index in [1.807, 2.05) is 17.5 Å². The van der Waals surface area contributed by atoms with Crippen LogP contribution >= 0.6 is 11.5 Å². The second-order valence-corrected chi connectivity index (χ2v) is 3.00. The van der Waals surface area contributed by atoms with Crippen molar-refractivity contribution in [2.24, 2.45) is 0 Å². The van der Waals surface area contributed by atoms with E-state index in [0.717, 1.165) is 25.1 Å². The molecule has 0 aliphatic rings. The van der Waals surface area contributed by atoms with Crippen LogP contribution < -0.4 is 0 Å². The number of hydrogen-bond acceptors (Lipinski definition) is 3. The molecular formula is C10H16NOS. The van der Waals surface area contributed by atoms with Crippen LogP contribution in [0.5, 0.6) is 0 Å². The summed E-state index contributed by atoms with van der Waals surface area (Å²) >= 11 is 1.48. The number of allylic oxidation sites excluding steroid dienone is 1. The molecule has 73 valence electrons. The maximum absolute atomic E-state index is 4.63. The number of methoxy groups -OCH3 is 1. The van der Waals surface area contributed by atoms with Crippen LogP contribution in [0.15, 0.2) is 24.1 Å². The Balaban J connectivity index is 0.000000252. The van der Waals surface area contributed by atoms with Gasteiger partial charge in [0.2, 0.25) is 0 Å². The van der Waals surface area contributed by atoms with Crippen LogP contribution in [-0.2, 0) is 11.2 Å². The second-order valence-electron chi connectivity index (χ2n) is 2.33. The Labute approximate surface area is 84.4 Å². The van der Waals surface area contributed by atoms with Gasteiger partial charge in [0.05, 0.1) is 5.69 Å². The number of nitrogens with zero attached hydrogens (tertiary/aromatic N) is 1. The molecule has 1 aromatic rings. The molecule has 0 aliphatic heterocycles. The Kier molecular flexibility index (Phi) is 8.93. The molecule has 0 amide bonds. The molecule has 0 saturated heterocycles. The fourth-order valence-corrected chi connectivity index (χ4v) is 1.18. The van der Waals surface area contributed by atoms with Crippen LogP contribution in [0.4, 0.5) is 0 Å². The van der Waals surface area contributed by atoms with E-state index in [2.05, 4.69) is 22.6 Å². The largest absolute Gasteiger partial charge is 0.385 e. The average molecular weight is 198 g/mol. The third-order valence-corrected chi connectivity index (χ3v) is 1.79. The Morgan fingerprint density at radius 3 is 2.77 bits per heavy atom. The third kappa shape index (κ3) is 7.68. The first kappa shape index (κ1) is 12.3. The topological polar surface area (TPSA) is 22.1 Å². The normalized spacial score (nSPS) is 8.77. The molecule has 0 atom stereocenters. The molecule has 0 aliphatic carbocycles. The molecule has 3 heteroatoms.